The van der Waals surface area contributed by atoms with Crippen molar-refractivity contribution in [3.8, 4) is 17.3 Å². The van der Waals surface area contributed by atoms with E-state index in [-0.39, 0.29) is 50.6 Å². The number of thiophene rings is 1. The number of anilines is 2. The van der Waals surface area contributed by atoms with Gasteiger partial charge in [0, 0.05) is 48.7 Å². The van der Waals surface area contributed by atoms with Crippen molar-refractivity contribution in [1.29, 1.82) is 5.26 Å². The van der Waals surface area contributed by atoms with Crippen molar-refractivity contribution in [1.82, 2.24) is 19.9 Å². The summed E-state index contributed by atoms with van der Waals surface area (Å²) in [5, 5.41) is 13.6. The lowest BCUT2D eigenvalue weighted by molar-refractivity contribution is 0.0636. The van der Waals surface area contributed by atoms with E-state index >= 15 is 8.78 Å². The minimum Gasteiger partial charge on any atom is -0.444 e. The molecule has 8 rings (SSSR count). The summed E-state index contributed by atoms with van der Waals surface area (Å²) in [5.41, 5.74) is 0.845. The molecule has 3 fully saturated rings. The zero-order valence-corrected chi connectivity index (χ0v) is 28.2. The standard InChI is InChI=1S/C35H37F2N7O3S/c1-35(2,3)47-34(45)42-32-21(9-38)27-30(39-11-25(36)31(27)48-32)26-24-16-46-15-23(24)22-10-40-33(41-29(22)28(26)37)44-6-5-17(14-44)18-7-19-12-43(4)13-20(19)8-18/h10-11,17-20H,5-8,12-16H2,1-4H3,(H,42,45)/t17-,18?,19-,20+/m0/s1. The van der Waals surface area contributed by atoms with Crippen LogP contribution in [0.1, 0.15) is 56.7 Å². The number of rotatable bonds is 4. The average molecular weight is 674 g/mol. The van der Waals surface area contributed by atoms with Crippen LogP contribution < -0.4 is 10.2 Å². The SMILES string of the molecule is CN1C[C@H]2CC([C@H]3CCN(c4ncc5c6c(c(-c7ncc(F)c8sc(NC(=O)OC(C)(C)C)c(C#N)c78)c(F)c5n4)COC6)C3)C[C@H]2C1. The van der Waals surface area contributed by atoms with Crippen LogP contribution in [0.5, 0.6) is 0 Å². The predicted molar refractivity (Wildman–Crippen MR) is 179 cm³/mol. The van der Waals surface area contributed by atoms with E-state index in [2.05, 4.69) is 33.2 Å². The van der Waals surface area contributed by atoms with Gasteiger partial charge in [-0.3, -0.25) is 10.3 Å². The molecule has 0 spiro atoms. The van der Waals surface area contributed by atoms with E-state index in [1.807, 2.05) is 0 Å². The molecule has 1 aromatic carbocycles. The van der Waals surface area contributed by atoms with Crippen LogP contribution in [-0.2, 0) is 22.7 Å². The predicted octanol–water partition coefficient (Wildman–Crippen LogP) is 6.85. The van der Waals surface area contributed by atoms with Crippen molar-refractivity contribution in [3.05, 3.63) is 40.7 Å². The van der Waals surface area contributed by atoms with Gasteiger partial charge in [-0.15, -0.1) is 11.3 Å². The Hall–Kier alpha value is -3.99. The van der Waals surface area contributed by atoms with E-state index in [0.717, 1.165) is 54.4 Å². The topological polar surface area (TPSA) is 116 Å². The molecule has 1 unspecified atom stereocenters. The number of pyridine rings is 1. The van der Waals surface area contributed by atoms with Crippen molar-refractivity contribution in [2.45, 2.75) is 58.8 Å². The van der Waals surface area contributed by atoms with Crippen molar-refractivity contribution in [2.24, 2.45) is 23.7 Å². The van der Waals surface area contributed by atoms with Crippen LogP contribution in [0.2, 0.25) is 0 Å². The van der Waals surface area contributed by atoms with Gasteiger partial charge in [-0.05, 0) is 81.9 Å². The molecule has 4 atom stereocenters. The first-order valence-electron chi connectivity index (χ1n) is 16.5. The van der Waals surface area contributed by atoms with Crippen LogP contribution >= 0.6 is 11.3 Å². The fraction of sp³-hybridized carbons (Fsp3) is 0.514. The lowest BCUT2D eigenvalue weighted by Crippen LogP contribution is -2.27. The Morgan fingerprint density at radius 1 is 1.08 bits per heavy atom. The van der Waals surface area contributed by atoms with E-state index < -0.39 is 23.3 Å². The Bertz CT molecular complexity index is 2010. The van der Waals surface area contributed by atoms with Gasteiger partial charge in [0.05, 0.1) is 35.4 Å². The first-order chi connectivity index (χ1) is 23.0. The highest BCUT2D eigenvalue weighted by Gasteiger charge is 2.44. The third-order valence-corrected chi connectivity index (χ3v) is 11.6. The molecule has 10 nitrogen and oxygen atoms in total. The molecule has 3 aromatic heterocycles. The quantitative estimate of drug-likeness (QED) is 0.248. The molecule has 3 aliphatic heterocycles. The molecule has 4 aliphatic rings. The number of ether oxygens (including phenoxy) is 2. The number of nitrogens with zero attached hydrogens (tertiary/aromatic N) is 6. The minimum absolute atomic E-state index is 0.0239. The Morgan fingerprint density at radius 2 is 1.83 bits per heavy atom. The molecule has 0 bridgehead atoms. The van der Waals surface area contributed by atoms with Crippen LogP contribution in [0.25, 0.3) is 32.2 Å². The number of nitrogens with one attached hydrogen (secondary N) is 1. The number of amides is 1. The number of aromatic nitrogens is 3. The molecule has 1 amide bonds. The molecule has 4 aromatic rings. The largest absolute Gasteiger partial charge is 0.444 e. The Kier molecular flexibility index (Phi) is 7.54. The maximum atomic E-state index is 17.0. The van der Waals surface area contributed by atoms with E-state index in [9.17, 15) is 10.1 Å². The molecule has 250 valence electrons. The first-order valence-corrected chi connectivity index (χ1v) is 17.3. The van der Waals surface area contributed by atoms with Gasteiger partial charge in [0.25, 0.3) is 0 Å². The van der Waals surface area contributed by atoms with Gasteiger partial charge < -0.3 is 19.3 Å². The third-order valence-electron chi connectivity index (χ3n) is 10.5. The highest BCUT2D eigenvalue weighted by Crippen LogP contribution is 2.48. The van der Waals surface area contributed by atoms with Crippen molar-refractivity contribution in [3.63, 3.8) is 0 Å². The summed E-state index contributed by atoms with van der Waals surface area (Å²) in [6, 6.07) is 2.08. The monoisotopic (exact) mass is 673 g/mol. The van der Waals surface area contributed by atoms with Crippen LogP contribution in [0.3, 0.4) is 0 Å². The number of benzene rings is 1. The van der Waals surface area contributed by atoms with Crippen molar-refractivity contribution in [2.75, 3.05) is 43.4 Å². The van der Waals surface area contributed by atoms with E-state index in [4.69, 9.17) is 19.4 Å². The zero-order valence-electron chi connectivity index (χ0n) is 27.4. The molecule has 0 radical (unpaired) electrons. The van der Waals surface area contributed by atoms with Gasteiger partial charge in [-0.1, -0.05) is 0 Å². The minimum atomic E-state index is -0.788. The van der Waals surface area contributed by atoms with Crippen LogP contribution in [-0.4, -0.2) is 64.8 Å². The van der Waals surface area contributed by atoms with E-state index in [1.54, 1.807) is 27.0 Å². The molecular weight excluding hydrogens is 636 g/mol. The Labute approximate surface area is 281 Å². The molecule has 1 N–H and O–H groups in total. The summed E-state index contributed by atoms with van der Waals surface area (Å²) in [4.78, 5) is 31.1. The van der Waals surface area contributed by atoms with Gasteiger partial charge in [0.15, 0.2) is 11.6 Å². The van der Waals surface area contributed by atoms with Gasteiger partial charge in [-0.25, -0.2) is 23.5 Å². The van der Waals surface area contributed by atoms with Crippen LogP contribution in [0.15, 0.2) is 12.4 Å². The van der Waals surface area contributed by atoms with E-state index in [0.29, 0.717) is 28.7 Å². The first kappa shape index (κ1) is 31.3. The second-order valence-electron chi connectivity index (χ2n) is 14.7. The summed E-state index contributed by atoms with van der Waals surface area (Å²) in [6.07, 6.45) is 5.53. The number of fused-ring (bicyclic) bond motifs is 5. The number of halogens is 2. The molecule has 1 saturated carbocycles. The number of likely N-dealkylation sites (tertiary alicyclic amines) is 1. The summed E-state index contributed by atoms with van der Waals surface area (Å²) < 4.78 is 43.4. The Morgan fingerprint density at radius 3 is 2.56 bits per heavy atom. The number of carbonyl (C=O) groups excluding carboxylic acids is 1. The lowest BCUT2D eigenvalue weighted by Gasteiger charge is -2.22. The number of carbonyl (C=O) groups is 1. The lowest BCUT2D eigenvalue weighted by atomic mass is 9.89. The molecule has 2 saturated heterocycles. The number of hydrogen-bond donors (Lipinski definition) is 1. The average Bonchev–Trinajstić information content (AvgIpc) is 3.85. The zero-order chi connectivity index (χ0) is 33.5. The summed E-state index contributed by atoms with van der Waals surface area (Å²) in [5.74, 6) is 2.03. The maximum Gasteiger partial charge on any atom is 0.412 e. The fourth-order valence-corrected chi connectivity index (χ4v) is 9.51. The fourth-order valence-electron chi connectivity index (χ4n) is 8.47. The maximum absolute atomic E-state index is 17.0. The van der Waals surface area contributed by atoms with Gasteiger partial charge >= 0.3 is 6.09 Å². The van der Waals surface area contributed by atoms with Gasteiger partial charge in [0.2, 0.25) is 5.95 Å². The molecule has 48 heavy (non-hydrogen) atoms. The number of hydrogen-bond acceptors (Lipinski definition) is 10. The van der Waals surface area contributed by atoms with Crippen LogP contribution in [0.4, 0.5) is 24.5 Å². The van der Waals surface area contributed by atoms with Crippen molar-refractivity contribution < 1.29 is 23.0 Å². The summed E-state index contributed by atoms with van der Waals surface area (Å²) >= 11 is 0.878. The highest BCUT2D eigenvalue weighted by molar-refractivity contribution is 7.23. The molecule has 13 heteroatoms. The Balaban J connectivity index is 1.18. The van der Waals surface area contributed by atoms with Gasteiger partial charge in [-0.2, -0.15) is 5.26 Å². The van der Waals surface area contributed by atoms with Crippen LogP contribution in [0, 0.1) is 46.6 Å². The molecular formula is C35H37F2N7O3S. The summed E-state index contributed by atoms with van der Waals surface area (Å²) in [7, 11) is 2.21. The second kappa shape index (κ2) is 11.6. The molecule has 6 heterocycles. The number of nitriles is 1. The highest BCUT2D eigenvalue weighted by atomic mass is 32.1. The van der Waals surface area contributed by atoms with Crippen molar-refractivity contribution >= 4 is 49.4 Å². The smallest absolute Gasteiger partial charge is 0.412 e. The third kappa shape index (κ3) is 5.25. The van der Waals surface area contributed by atoms with Gasteiger partial charge in [0.1, 0.15) is 22.2 Å². The van der Waals surface area contributed by atoms with E-state index in [1.165, 1.54) is 25.9 Å². The summed E-state index contributed by atoms with van der Waals surface area (Å²) in [6.45, 7) is 9.54. The normalized spacial score (nSPS) is 24.0. The second-order valence-corrected chi connectivity index (χ2v) is 15.8. The molecule has 1 aliphatic carbocycles.